The smallest absolute Gasteiger partial charge is 0.229 e. The van der Waals surface area contributed by atoms with Crippen LogP contribution in [-0.2, 0) is 0 Å². The predicted octanol–water partition coefficient (Wildman–Crippen LogP) is 3.16. The van der Waals surface area contributed by atoms with E-state index in [0.717, 1.165) is 59.7 Å². The molecule has 0 aliphatic carbocycles. The maximum absolute atomic E-state index is 4.69. The van der Waals surface area contributed by atoms with Crippen LogP contribution < -0.4 is 10.2 Å². The van der Waals surface area contributed by atoms with E-state index >= 15 is 0 Å². The summed E-state index contributed by atoms with van der Waals surface area (Å²) in [5.74, 6) is 0.563. The molecule has 5 aromatic rings. The third-order valence-electron chi connectivity index (χ3n) is 5.99. The standard InChI is InChI=1S/C23H23N9/c1-30-7-9-31(10-8-30)18-4-2-3-17(11-18)28-23-25-13-20-19(12-24-22(20)29-23)16-5-6-21-26-15-27-32(21)14-16/h2-6,11-15H,7-10H2,1H3,(H2,24,25,28,29). The van der Waals surface area contributed by atoms with Crippen LogP contribution in [0.4, 0.5) is 17.3 Å². The highest BCUT2D eigenvalue weighted by atomic mass is 15.3. The minimum absolute atomic E-state index is 0.563. The molecule has 1 saturated heterocycles. The molecule has 9 nitrogen and oxygen atoms in total. The molecular weight excluding hydrogens is 402 g/mol. The Morgan fingerprint density at radius 1 is 1.03 bits per heavy atom. The molecule has 0 spiro atoms. The third-order valence-corrected chi connectivity index (χ3v) is 5.99. The van der Waals surface area contributed by atoms with E-state index < -0.39 is 0 Å². The maximum Gasteiger partial charge on any atom is 0.229 e. The summed E-state index contributed by atoms with van der Waals surface area (Å²) >= 11 is 0. The van der Waals surface area contributed by atoms with Gasteiger partial charge in [-0.05, 0) is 37.4 Å². The highest BCUT2D eigenvalue weighted by molar-refractivity contribution is 5.93. The number of rotatable bonds is 4. The number of nitrogens with one attached hydrogen (secondary N) is 2. The zero-order chi connectivity index (χ0) is 21.5. The second kappa shape index (κ2) is 7.61. The predicted molar refractivity (Wildman–Crippen MR) is 125 cm³/mol. The Hall–Kier alpha value is -3.98. The van der Waals surface area contributed by atoms with Gasteiger partial charge in [0.1, 0.15) is 12.0 Å². The second-order valence-corrected chi connectivity index (χ2v) is 8.10. The molecule has 5 heterocycles. The fourth-order valence-corrected chi connectivity index (χ4v) is 4.16. The monoisotopic (exact) mass is 425 g/mol. The van der Waals surface area contributed by atoms with Crippen molar-refractivity contribution in [2.75, 3.05) is 43.4 Å². The van der Waals surface area contributed by atoms with Gasteiger partial charge in [0.2, 0.25) is 5.95 Å². The normalized spacial score (nSPS) is 15.0. The van der Waals surface area contributed by atoms with E-state index in [-0.39, 0.29) is 0 Å². The number of aromatic nitrogens is 6. The van der Waals surface area contributed by atoms with E-state index in [2.05, 4.69) is 65.4 Å². The molecule has 160 valence electrons. The first-order valence-corrected chi connectivity index (χ1v) is 10.7. The van der Waals surface area contributed by atoms with Gasteiger partial charge in [-0.1, -0.05) is 6.07 Å². The number of fused-ring (bicyclic) bond motifs is 2. The molecule has 0 bridgehead atoms. The van der Waals surface area contributed by atoms with Crippen molar-refractivity contribution in [1.82, 2.24) is 34.4 Å². The molecule has 9 heteroatoms. The van der Waals surface area contributed by atoms with Gasteiger partial charge in [0.15, 0.2) is 5.65 Å². The molecular formula is C23H23N9. The fourth-order valence-electron chi connectivity index (χ4n) is 4.16. The molecule has 1 aromatic carbocycles. The van der Waals surface area contributed by atoms with Crippen LogP contribution in [-0.4, -0.2) is 67.7 Å². The zero-order valence-corrected chi connectivity index (χ0v) is 17.7. The van der Waals surface area contributed by atoms with Crippen LogP contribution in [0.2, 0.25) is 0 Å². The van der Waals surface area contributed by atoms with Crippen molar-refractivity contribution in [3.63, 3.8) is 0 Å². The van der Waals surface area contributed by atoms with Crippen molar-refractivity contribution in [1.29, 1.82) is 0 Å². The van der Waals surface area contributed by atoms with Crippen molar-refractivity contribution in [3.05, 3.63) is 61.3 Å². The summed E-state index contributed by atoms with van der Waals surface area (Å²) in [6, 6.07) is 12.4. The number of benzene rings is 1. The summed E-state index contributed by atoms with van der Waals surface area (Å²) in [7, 11) is 2.17. The minimum Gasteiger partial charge on any atom is -0.369 e. The molecule has 0 atom stereocenters. The van der Waals surface area contributed by atoms with Crippen LogP contribution >= 0.6 is 0 Å². The Morgan fingerprint density at radius 3 is 2.84 bits per heavy atom. The largest absolute Gasteiger partial charge is 0.369 e. The number of piperazine rings is 1. The number of aromatic amines is 1. The van der Waals surface area contributed by atoms with Crippen LogP contribution in [0.1, 0.15) is 0 Å². The van der Waals surface area contributed by atoms with Gasteiger partial charge in [0, 0.05) is 72.7 Å². The molecule has 6 rings (SSSR count). The Bertz CT molecular complexity index is 1400. The molecule has 1 aliphatic rings. The number of H-pyrrole nitrogens is 1. The lowest BCUT2D eigenvalue weighted by atomic mass is 10.1. The topological polar surface area (TPSA) is 90.3 Å². The van der Waals surface area contributed by atoms with Gasteiger partial charge in [0.25, 0.3) is 0 Å². The minimum atomic E-state index is 0.563. The molecule has 0 radical (unpaired) electrons. The number of hydrogen-bond acceptors (Lipinski definition) is 7. The van der Waals surface area contributed by atoms with E-state index in [1.807, 2.05) is 36.8 Å². The average molecular weight is 426 g/mol. The van der Waals surface area contributed by atoms with Gasteiger partial charge in [0.05, 0.1) is 0 Å². The quantitative estimate of drug-likeness (QED) is 0.457. The Morgan fingerprint density at radius 2 is 1.94 bits per heavy atom. The molecule has 0 unspecified atom stereocenters. The van der Waals surface area contributed by atoms with Crippen molar-refractivity contribution in [3.8, 4) is 11.1 Å². The van der Waals surface area contributed by atoms with Crippen LogP contribution in [0.3, 0.4) is 0 Å². The summed E-state index contributed by atoms with van der Waals surface area (Å²) < 4.78 is 1.76. The van der Waals surface area contributed by atoms with Gasteiger partial charge in [-0.2, -0.15) is 10.1 Å². The Kier molecular flexibility index (Phi) is 4.46. The highest BCUT2D eigenvalue weighted by Gasteiger charge is 2.15. The van der Waals surface area contributed by atoms with Crippen molar-refractivity contribution < 1.29 is 0 Å². The highest BCUT2D eigenvalue weighted by Crippen LogP contribution is 2.29. The zero-order valence-electron chi connectivity index (χ0n) is 17.7. The Balaban J connectivity index is 1.26. The van der Waals surface area contributed by atoms with Crippen LogP contribution in [0, 0.1) is 0 Å². The lowest BCUT2D eigenvalue weighted by Crippen LogP contribution is -2.44. The molecule has 32 heavy (non-hydrogen) atoms. The van der Waals surface area contributed by atoms with Crippen LogP contribution in [0.25, 0.3) is 27.8 Å². The SMILES string of the molecule is CN1CCN(c2cccc(Nc3ncc4c(-c5ccc6ncnn6c5)c[nH]c4n3)c2)CC1. The summed E-state index contributed by atoms with van der Waals surface area (Å²) in [5.41, 5.74) is 5.85. The first-order valence-electron chi connectivity index (χ1n) is 10.7. The molecule has 1 fully saturated rings. The lowest BCUT2D eigenvalue weighted by Gasteiger charge is -2.34. The first-order chi connectivity index (χ1) is 15.7. The lowest BCUT2D eigenvalue weighted by molar-refractivity contribution is 0.313. The van der Waals surface area contributed by atoms with E-state index in [9.17, 15) is 0 Å². The van der Waals surface area contributed by atoms with Crippen molar-refractivity contribution in [2.45, 2.75) is 0 Å². The van der Waals surface area contributed by atoms with E-state index in [4.69, 9.17) is 0 Å². The van der Waals surface area contributed by atoms with Crippen molar-refractivity contribution in [2.24, 2.45) is 0 Å². The van der Waals surface area contributed by atoms with Gasteiger partial charge < -0.3 is 20.1 Å². The van der Waals surface area contributed by atoms with E-state index in [0.29, 0.717) is 5.95 Å². The first kappa shape index (κ1) is 18.8. The maximum atomic E-state index is 4.69. The van der Waals surface area contributed by atoms with Gasteiger partial charge >= 0.3 is 0 Å². The molecule has 1 aliphatic heterocycles. The van der Waals surface area contributed by atoms with E-state index in [1.165, 1.54) is 5.69 Å². The Labute approximate surface area is 184 Å². The summed E-state index contributed by atoms with van der Waals surface area (Å²) in [6.07, 6.45) is 7.32. The van der Waals surface area contributed by atoms with Crippen LogP contribution in [0.5, 0.6) is 0 Å². The third kappa shape index (κ3) is 3.42. The van der Waals surface area contributed by atoms with Gasteiger partial charge in [-0.3, -0.25) is 0 Å². The van der Waals surface area contributed by atoms with Gasteiger partial charge in [-0.15, -0.1) is 0 Å². The van der Waals surface area contributed by atoms with Crippen LogP contribution in [0.15, 0.2) is 61.3 Å². The summed E-state index contributed by atoms with van der Waals surface area (Å²) in [5, 5.41) is 8.53. The number of anilines is 3. The number of likely N-dealkylation sites (N-methyl/N-ethyl adjacent to an activating group) is 1. The summed E-state index contributed by atoms with van der Waals surface area (Å²) in [4.78, 5) is 21.5. The molecule has 2 N–H and O–H groups in total. The second-order valence-electron chi connectivity index (χ2n) is 8.10. The van der Waals surface area contributed by atoms with E-state index in [1.54, 1.807) is 10.8 Å². The number of nitrogens with zero attached hydrogens (tertiary/aromatic N) is 7. The fraction of sp³-hybridized carbons (Fsp3) is 0.217. The number of pyridine rings is 1. The average Bonchev–Trinajstić information content (AvgIpc) is 3.46. The molecule has 4 aromatic heterocycles. The number of hydrogen-bond donors (Lipinski definition) is 2. The van der Waals surface area contributed by atoms with Crippen molar-refractivity contribution >= 4 is 34.0 Å². The van der Waals surface area contributed by atoms with Gasteiger partial charge in [-0.25, -0.2) is 14.5 Å². The molecule has 0 saturated carbocycles. The molecule has 0 amide bonds. The summed E-state index contributed by atoms with van der Waals surface area (Å²) in [6.45, 7) is 4.23.